The van der Waals surface area contributed by atoms with Crippen molar-refractivity contribution >= 4 is 0 Å². The maximum absolute atomic E-state index is 12.5. The van der Waals surface area contributed by atoms with Gasteiger partial charge in [0.2, 0.25) is 0 Å². The molecule has 0 unspecified atom stereocenters. The van der Waals surface area contributed by atoms with Gasteiger partial charge < -0.3 is 4.74 Å². The zero-order valence-corrected chi connectivity index (χ0v) is 11.6. The first-order valence-electron chi connectivity index (χ1n) is 6.92. The third-order valence-corrected chi connectivity index (χ3v) is 3.63. The minimum absolute atomic E-state index is 0.0271. The first-order chi connectivity index (χ1) is 9.75. The minimum atomic E-state index is 0.0271. The number of aryl methyl sites for hydroxylation is 1. The Morgan fingerprint density at radius 1 is 1.30 bits per heavy atom. The smallest absolute Gasteiger partial charge is 0.275 e. The maximum atomic E-state index is 12.5. The summed E-state index contributed by atoms with van der Waals surface area (Å²) in [6.07, 6.45) is 1.02. The van der Waals surface area contributed by atoms with Crippen molar-refractivity contribution in [2.45, 2.75) is 19.9 Å². The summed E-state index contributed by atoms with van der Waals surface area (Å²) in [6.45, 7) is 4.99. The number of nitrogens with zero attached hydrogens (tertiary/aromatic N) is 2. The molecule has 1 saturated heterocycles. The van der Waals surface area contributed by atoms with Gasteiger partial charge in [0.05, 0.1) is 18.0 Å². The Morgan fingerprint density at radius 3 is 2.80 bits per heavy atom. The number of nitrogens with one attached hydrogen (secondary N) is 1. The van der Waals surface area contributed by atoms with Crippen LogP contribution in [-0.2, 0) is 11.3 Å². The van der Waals surface area contributed by atoms with Crippen LogP contribution in [0.15, 0.2) is 35.1 Å². The number of ether oxygens (including phenoxy) is 1. The summed E-state index contributed by atoms with van der Waals surface area (Å²) in [5.41, 5.74) is 2.63. The largest absolute Gasteiger partial charge is 0.366 e. The number of H-pyrrole nitrogens is 1. The molecule has 0 saturated carbocycles. The van der Waals surface area contributed by atoms with Crippen LogP contribution in [0.25, 0.3) is 5.69 Å². The molecule has 0 aliphatic carbocycles. The summed E-state index contributed by atoms with van der Waals surface area (Å²) < 4.78 is 7.04. The minimum Gasteiger partial charge on any atom is -0.366 e. The average Bonchev–Trinajstić information content (AvgIpc) is 2.77. The van der Waals surface area contributed by atoms with Crippen LogP contribution in [0.3, 0.4) is 0 Å². The number of benzene rings is 1. The first kappa shape index (κ1) is 13.1. The number of aromatic amines is 1. The number of para-hydroxylation sites is 1. The van der Waals surface area contributed by atoms with Crippen molar-refractivity contribution in [3.05, 3.63) is 51.9 Å². The number of hydrogen-bond acceptors (Lipinski definition) is 3. The lowest BCUT2D eigenvalue weighted by Crippen LogP contribution is -2.34. The van der Waals surface area contributed by atoms with E-state index in [-0.39, 0.29) is 5.56 Å². The highest BCUT2D eigenvalue weighted by Crippen LogP contribution is 2.11. The normalized spacial score (nSPS) is 16.4. The van der Waals surface area contributed by atoms with E-state index in [1.807, 2.05) is 37.3 Å². The van der Waals surface area contributed by atoms with Gasteiger partial charge in [0.15, 0.2) is 0 Å². The highest BCUT2D eigenvalue weighted by Gasteiger charge is 2.17. The van der Waals surface area contributed by atoms with Crippen LogP contribution < -0.4 is 5.56 Å². The molecule has 1 aromatic carbocycles. The predicted octanol–water partition coefficient (Wildman–Crippen LogP) is 1.65. The Morgan fingerprint density at radius 2 is 2.10 bits per heavy atom. The van der Waals surface area contributed by atoms with E-state index in [1.165, 1.54) is 0 Å². The molecule has 5 nitrogen and oxygen atoms in total. The Hall–Kier alpha value is -1.85. The molecule has 0 radical (unpaired) electrons. The lowest BCUT2D eigenvalue weighted by molar-refractivity contribution is -0.0179. The Kier molecular flexibility index (Phi) is 3.71. The van der Waals surface area contributed by atoms with E-state index in [2.05, 4.69) is 10.00 Å². The summed E-state index contributed by atoms with van der Waals surface area (Å²) in [7, 11) is 0. The van der Waals surface area contributed by atoms with Gasteiger partial charge in [0.1, 0.15) is 0 Å². The molecule has 0 spiro atoms. The topological polar surface area (TPSA) is 50.3 Å². The molecule has 106 valence electrons. The summed E-state index contributed by atoms with van der Waals surface area (Å²) in [6, 6.07) is 9.64. The van der Waals surface area contributed by atoms with Crippen LogP contribution in [0.1, 0.15) is 17.7 Å². The SMILES string of the molecule is Cc1[nH]n(-c2ccccc2)c(=O)c1CN1CCCOC1. The first-order valence-corrected chi connectivity index (χ1v) is 6.92. The maximum Gasteiger partial charge on any atom is 0.275 e. The fraction of sp³-hybridized carbons (Fsp3) is 0.400. The highest BCUT2D eigenvalue weighted by molar-refractivity contribution is 5.32. The number of hydrogen-bond donors (Lipinski definition) is 1. The van der Waals surface area contributed by atoms with E-state index >= 15 is 0 Å². The molecule has 20 heavy (non-hydrogen) atoms. The second kappa shape index (κ2) is 5.64. The van der Waals surface area contributed by atoms with E-state index < -0.39 is 0 Å². The molecule has 3 rings (SSSR count). The van der Waals surface area contributed by atoms with Crippen LogP contribution in [0.5, 0.6) is 0 Å². The van der Waals surface area contributed by atoms with Crippen LogP contribution in [-0.4, -0.2) is 34.6 Å². The average molecular weight is 273 g/mol. The molecule has 1 aliphatic heterocycles. The summed E-state index contributed by atoms with van der Waals surface area (Å²) >= 11 is 0. The van der Waals surface area contributed by atoms with Gasteiger partial charge in [0.25, 0.3) is 5.56 Å². The van der Waals surface area contributed by atoms with Crippen LogP contribution in [0, 0.1) is 6.92 Å². The van der Waals surface area contributed by atoms with Crippen LogP contribution in [0.4, 0.5) is 0 Å². The van der Waals surface area contributed by atoms with Crippen molar-refractivity contribution in [2.24, 2.45) is 0 Å². The third-order valence-electron chi connectivity index (χ3n) is 3.63. The Labute approximate surface area is 117 Å². The van der Waals surface area contributed by atoms with Crippen molar-refractivity contribution in [1.29, 1.82) is 0 Å². The van der Waals surface area contributed by atoms with Gasteiger partial charge >= 0.3 is 0 Å². The zero-order chi connectivity index (χ0) is 13.9. The number of aromatic nitrogens is 2. The van der Waals surface area contributed by atoms with E-state index in [0.29, 0.717) is 13.3 Å². The van der Waals surface area contributed by atoms with E-state index in [1.54, 1.807) is 4.68 Å². The molecular weight excluding hydrogens is 254 g/mol. The second-order valence-corrected chi connectivity index (χ2v) is 5.13. The standard InChI is InChI=1S/C15H19N3O2/c1-12-14(10-17-8-5-9-20-11-17)15(19)18(16-12)13-6-3-2-4-7-13/h2-4,6-7,16H,5,8-11H2,1H3. The van der Waals surface area contributed by atoms with Gasteiger partial charge in [-0.05, 0) is 25.5 Å². The molecule has 1 fully saturated rings. The lowest BCUT2D eigenvalue weighted by Gasteiger charge is -2.25. The molecule has 2 heterocycles. The summed E-state index contributed by atoms with van der Waals surface area (Å²) in [4.78, 5) is 14.7. The van der Waals surface area contributed by atoms with Gasteiger partial charge in [-0.15, -0.1) is 0 Å². The lowest BCUT2D eigenvalue weighted by atomic mass is 10.2. The van der Waals surface area contributed by atoms with Gasteiger partial charge in [0, 0.05) is 25.4 Å². The highest BCUT2D eigenvalue weighted by atomic mass is 16.5. The zero-order valence-electron chi connectivity index (χ0n) is 11.6. The quantitative estimate of drug-likeness (QED) is 0.925. The van der Waals surface area contributed by atoms with E-state index in [4.69, 9.17) is 4.74 Å². The van der Waals surface area contributed by atoms with Crippen molar-refractivity contribution in [2.75, 3.05) is 19.9 Å². The van der Waals surface area contributed by atoms with Crippen molar-refractivity contribution in [3.63, 3.8) is 0 Å². The molecule has 2 aromatic rings. The van der Waals surface area contributed by atoms with Crippen molar-refractivity contribution in [1.82, 2.24) is 14.7 Å². The molecule has 0 amide bonds. The van der Waals surface area contributed by atoms with Gasteiger partial charge in [-0.2, -0.15) is 0 Å². The fourth-order valence-corrected chi connectivity index (χ4v) is 2.52. The summed E-state index contributed by atoms with van der Waals surface area (Å²) in [5, 5.41) is 3.16. The molecule has 0 bridgehead atoms. The molecule has 1 aromatic heterocycles. The van der Waals surface area contributed by atoms with Gasteiger partial charge in [-0.25, -0.2) is 4.68 Å². The molecule has 0 atom stereocenters. The Bertz CT molecular complexity index is 624. The van der Waals surface area contributed by atoms with Crippen molar-refractivity contribution in [3.8, 4) is 5.69 Å². The second-order valence-electron chi connectivity index (χ2n) is 5.13. The van der Waals surface area contributed by atoms with Gasteiger partial charge in [-0.3, -0.25) is 14.8 Å². The molecule has 5 heteroatoms. The van der Waals surface area contributed by atoms with E-state index in [9.17, 15) is 4.79 Å². The Balaban J connectivity index is 1.89. The molecule has 1 N–H and O–H groups in total. The van der Waals surface area contributed by atoms with Crippen molar-refractivity contribution < 1.29 is 4.74 Å². The third kappa shape index (κ3) is 2.55. The van der Waals surface area contributed by atoms with E-state index in [0.717, 1.165) is 36.5 Å². The number of rotatable bonds is 3. The summed E-state index contributed by atoms with van der Waals surface area (Å²) in [5.74, 6) is 0. The molecule has 1 aliphatic rings. The van der Waals surface area contributed by atoms with Gasteiger partial charge in [-0.1, -0.05) is 18.2 Å². The van der Waals surface area contributed by atoms with Crippen LogP contribution in [0.2, 0.25) is 0 Å². The molecular formula is C15H19N3O2. The monoisotopic (exact) mass is 273 g/mol. The fourth-order valence-electron chi connectivity index (χ4n) is 2.52. The van der Waals surface area contributed by atoms with Crippen LogP contribution >= 0.6 is 0 Å². The predicted molar refractivity (Wildman–Crippen MR) is 77.0 cm³/mol.